The zero-order chi connectivity index (χ0) is 28.5. The summed E-state index contributed by atoms with van der Waals surface area (Å²) in [5.74, 6) is -0.125. The van der Waals surface area contributed by atoms with E-state index in [9.17, 15) is 9.59 Å². The number of rotatable bonds is 4. The molecular formula is C36H24N4O2. The van der Waals surface area contributed by atoms with Crippen LogP contribution in [0, 0.1) is 0 Å². The molecule has 0 unspecified atom stereocenters. The highest BCUT2D eigenvalue weighted by molar-refractivity contribution is 6.19. The van der Waals surface area contributed by atoms with Gasteiger partial charge in [-0.15, -0.1) is 0 Å². The Hall–Kier alpha value is -5.88. The van der Waals surface area contributed by atoms with Crippen LogP contribution in [-0.2, 0) is 0 Å². The molecule has 0 fully saturated rings. The molecule has 2 N–H and O–H groups in total. The number of aromatic nitrogens is 4. The highest BCUT2D eigenvalue weighted by atomic mass is 16.1. The van der Waals surface area contributed by atoms with Crippen LogP contribution < -0.4 is 0 Å². The first-order valence-corrected chi connectivity index (χ1v) is 13.6. The number of fused-ring (bicyclic) bond motifs is 6. The largest absolute Gasteiger partial charge is 0.353 e. The standard InChI is InChI=1S/2C18H12N2O/c2*21-18(12-6-2-1-3-7-12)17-16-14(10-11-19-17)13-8-4-5-9-15(13)20-16/h2*1-11,20H. The number of carbonyl (C=O) groups is 2. The predicted molar refractivity (Wildman–Crippen MR) is 167 cm³/mol. The predicted octanol–water partition coefficient (Wildman–Crippen LogP) is 7.89. The maximum Gasteiger partial charge on any atom is 0.213 e. The molecule has 0 saturated carbocycles. The molecule has 0 aliphatic rings. The summed E-state index contributed by atoms with van der Waals surface area (Å²) in [7, 11) is 0. The Bertz CT molecular complexity index is 2070. The molecule has 8 rings (SSSR count). The van der Waals surface area contributed by atoms with E-state index in [0.29, 0.717) is 22.5 Å². The number of nitrogens with one attached hydrogen (secondary N) is 2. The average molecular weight is 545 g/mol. The number of nitrogens with zero attached hydrogens (tertiary/aromatic N) is 2. The van der Waals surface area contributed by atoms with Crippen LogP contribution in [0.2, 0.25) is 0 Å². The molecule has 0 amide bonds. The Morgan fingerprint density at radius 3 is 1.24 bits per heavy atom. The van der Waals surface area contributed by atoms with Gasteiger partial charge in [-0.3, -0.25) is 19.6 Å². The lowest BCUT2D eigenvalue weighted by Crippen LogP contribution is -2.04. The molecule has 0 spiro atoms. The quantitative estimate of drug-likeness (QED) is 0.220. The molecule has 42 heavy (non-hydrogen) atoms. The minimum atomic E-state index is -0.0623. The number of pyridine rings is 2. The van der Waals surface area contributed by atoms with Crippen molar-refractivity contribution in [3.8, 4) is 0 Å². The summed E-state index contributed by atoms with van der Waals surface area (Å²) in [6, 6.07) is 38.4. The lowest BCUT2D eigenvalue weighted by Gasteiger charge is -2.01. The second-order valence-corrected chi connectivity index (χ2v) is 9.90. The molecular weight excluding hydrogens is 520 g/mol. The summed E-state index contributed by atoms with van der Waals surface area (Å²) in [6.45, 7) is 0. The molecule has 0 saturated heterocycles. The molecule has 6 heteroatoms. The van der Waals surface area contributed by atoms with Crippen LogP contribution in [-0.4, -0.2) is 31.5 Å². The average Bonchev–Trinajstić information content (AvgIpc) is 3.64. The smallest absolute Gasteiger partial charge is 0.213 e. The summed E-state index contributed by atoms with van der Waals surface area (Å²) in [6.07, 6.45) is 3.39. The van der Waals surface area contributed by atoms with Gasteiger partial charge in [0.25, 0.3) is 0 Å². The number of hydrogen-bond acceptors (Lipinski definition) is 4. The maximum absolute atomic E-state index is 12.7. The fraction of sp³-hybridized carbons (Fsp3) is 0. The minimum absolute atomic E-state index is 0.0623. The van der Waals surface area contributed by atoms with Crippen molar-refractivity contribution >= 4 is 55.2 Å². The van der Waals surface area contributed by atoms with E-state index < -0.39 is 0 Å². The Labute approximate surface area is 240 Å². The first kappa shape index (κ1) is 25.1. The van der Waals surface area contributed by atoms with Crippen molar-refractivity contribution in [1.82, 2.24) is 19.9 Å². The molecule has 4 aromatic heterocycles. The second kappa shape index (κ2) is 10.6. The minimum Gasteiger partial charge on any atom is -0.353 e. The van der Waals surface area contributed by atoms with Crippen LogP contribution in [0.1, 0.15) is 32.1 Å². The van der Waals surface area contributed by atoms with E-state index in [4.69, 9.17) is 0 Å². The second-order valence-electron chi connectivity index (χ2n) is 9.90. The van der Waals surface area contributed by atoms with Gasteiger partial charge >= 0.3 is 0 Å². The SMILES string of the molecule is O=C(c1ccccc1)c1nccc2c1[nH]c1ccccc12.O=C(c1ccccc1)c1nccc2c1[nH]c1ccccc12. The zero-order valence-corrected chi connectivity index (χ0v) is 22.4. The highest BCUT2D eigenvalue weighted by Gasteiger charge is 2.17. The molecule has 0 aliphatic carbocycles. The van der Waals surface area contributed by atoms with Crippen LogP contribution in [0.3, 0.4) is 0 Å². The van der Waals surface area contributed by atoms with E-state index in [-0.39, 0.29) is 11.6 Å². The molecule has 4 heterocycles. The summed E-state index contributed by atoms with van der Waals surface area (Å²) in [4.78, 5) is 40.5. The first-order chi connectivity index (χ1) is 20.7. The maximum atomic E-state index is 12.7. The number of aromatic amines is 2. The number of benzene rings is 4. The van der Waals surface area contributed by atoms with Gasteiger partial charge in [0.15, 0.2) is 0 Å². The lowest BCUT2D eigenvalue weighted by atomic mass is 10.1. The fourth-order valence-corrected chi connectivity index (χ4v) is 5.35. The Morgan fingerprint density at radius 2 is 0.810 bits per heavy atom. The van der Waals surface area contributed by atoms with Gasteiger partial charge in [-0.1, -0.05) is 97.1 Å². The number of H-pyrrole nitrogens is 2. The van der Waals surface area contributed by atoms with E-state index in [2.05, 4.69) is 19.9 Å². The van der Waals surface area contributed by atoms with Gasteiger partial charge in [0.1, 0.15) is 11.4 Å². The summed E-state index contributed by atoms with van der Waals surface area (Å²) >= 11 is 0. The summed E-state index contributed by atoms with van der Waals surface area (Å²) < 4.78 is 0. The van der Waals surface area contributed by atoms with Gasteiger partial charge in [-0.2, -0.15) is 0 Å². The van der Waals surface area contributed by atoms with Crippen molar-refractivity contribution in [2.24, 2.45) is 0 Å². The molecule has 4 aromatic carbocycles. The van der Waals surface area contributed by atoms with E-state index in [1.807, 2.05) is 121 Å². The molecule has 0 bridgehead atoms. The zero-order valence-electron chi connectivity index (χ0n) is 22.4. The van der Waals surface area contributed by atoms with E-state index in [0.717, 1.165) is 43.6 Å². The van der Waals surface area contributed by atoms with Crippen LogP contribution in [0.15, 0.2) is 134 Å². The third kappa shape index (κ3) is 4.41. The van der Waals surface area contributed by atoms with E-state index >= 15 is 0 Å². The Morgan fingerprint density at radius 1 is 0.429 bits per heavy atom. The topological polar surface area (TPSA) is 91.5 Å². The van der Waals surface area contributed by atoms with Gasteiger partial charge < -0.3 is 9.97 Å². The first-order valence-electron chi connectivity index (χ1n) is 13.6. The number of carbonyl (C=O) groups excluding carboxylic acids is 2. The highest BCUT2D eigenvalue weighted by Crippen LogP contribution is 2.28. The van der Waals surface area contributed by atoms with Gasteiger partial charge in [0.05, 0.1) is 11.0 Å². The Balaban J connectivity index is 0.000000137. The molecule has 200 valence electrons. The molecule has 8 aromatic rings. The van der Waals surface area contributed by atoms with Crippen molar-refractivity contribution < 1.29 is 9.59 Å². The summed E-state index contributed by atoms with van der Waals surface area (Å²) in [5.41, 5.74) is 5.86. The fourth-order valence-electron chi connectivity index (χ4n) is 5.35. The van der Waals surface area contributed by atoms with E-state index in [1.165, 1.54) is 0 Å². The third-order valence-corrected chi connectivity index (χ3v) is 7.36. The number of ketones is 2. The van der Waals surface area contributed by atoms with Crippen LogP contribution in [0.4, 0.5) is 0 Å². The van der Waals surface area contributed by atoms with Crippen LogP contribution >= 0.6 is 0 Å². The molecule has 0 atom stereocenters. The third-order valence-electron chi connectivity index (χ3n) is 7.36. The van der Waals surface area contributed by atoms with Crippen molar-refractivity contribution in [2.75, 3.05) is 0 Å². The van der Waals surface area contributed by atoms with Gasteiger partial charge in [-0.05, 0) is 24.3 Å². The molecule has 0 radical (unpaired) electrons. The van der Waals surface area contributed by atoms with Crippen LogP contribution in [0.25, 0.3) is 43.6 Å². The van der Waals surface area contributed by atoms with Crippen LogP contribution in [0.5, 0.6) is 0 Å². The molecule has 6 nitrogen and oxygen atoms in total. The van der Waals surface area contributed by atoms with Crippen molar-refractivity contribution in [2.45, 2.75) is 0 Å². The van der Waals surface area contributed by atoms with Crippen molar-refractivity contribution in [1.29, 1.82) is 0 Å². The lowest BCUT2D eigenvalue weighted by molar-refractivity contribution is 0.102. The van der Waals surface area contributed by atoms with Gasteiger partial charge in [0, 0.05) is 56.1 Å². The monoisotopic (exact) mass is 544 g/mol. The molecule has 0 aliphatic heterocycles. The van der Waals surface area contributed by atoms with Crippen molar-refractivity contribution in [3.05, 3.63) is 156 Å². The summed E-state index contributed by atoms with van der Waals surface area (Å²) in [5, 5.41) is 4.27. The number of para-hydroxylation sites is 2. The number of hydrogen-bond donors (Lipinski definition) is 2. The normalized spacial score (nSPS) is 11.0. The van der Waals surface area contributed by atoms with Crippen molar-refractivity contribution in [3.63, 3.8) is 0 Å². The van der Waals surface area contributed by atoms with Gasteiger partial charge in [0.2, 0.25) is 11.6 Å². The Kier molecular flexibility index (Phi) is 6.33. The van der Waals surface area contributed by atoms with Gasteiger partial charge in [-0.25, -0.2) is 0 Å². The van der Waals surface area contributed by atoms with E-state index in [1.54, 1.807) is 12.4 Å².